The lowest BCUT2D eigenvalue weighted by atomic mass is 9.96. The Morgan fingerprint density at radius 2 is 1.50 bits per heavy atom. The van der Waals surface area contributed by atoms with Crippen molar-refractivity contribution in [3.05, 3.63) is 71.8 Å². The molecule has 0 bridgehead atoms. The molecule has 0 saturated carbocycles. The van der Waals surface area contributed by atoms with Crippen LogP contribution in [0.15, 0.2) is 60.7 Å². The predicted molar refractivity (Wildman–Crippen MR) is 88.5 cm³/mol. The fourth-order valence-corrected chi connectivity index (χ4v) is 2.50. The van der Waals surface area contributed by atoms with Crippen LogP contribution in [0.3, 0.4) is 0 Å². The minimum Gasteiger partial charge on any atom is -0.384 e. The van der Waals surface area contributed by atoms with Crippen LogP contribution in [0, 0.1) is 0 Å². The van der Waals surface area contributed by atoms with Gasteiger partial charge in [0, 0.05) is 12.5 Å². The monoisotopic (exact) mass is 297 g/mol. The van der Waals surface area contributed by atoms with Crippen LogP contribution in [0.2, 0.25) is 0 Å². The standard InChI is InChI=1S/C19H23NO2/c20-17(14-16-10-5-2-6-11-16)19(22)18(21)13-7-12-15-8-3-1-4-9-15/h1-6,8-11,17,19,22H,7,12-14,20H2/t17-,19+/m1/s1. The molecule has 3 heteroatoms. The van der Waals surface area contributed by atoms with Gasteiger partial charge in [0.1, 0.15) is 6.10 Å². The minimum absolute atomic E-state index is 0.167. The predicted octanol–water partition coefficient (Wildman–Crippen LogP) is 2.51. The quantitative estimate of drug-likeness (QED) is 0.787. The molecule has 0 heterocycles. The van der Waals surface area contributed by atoms with Crippen LogP contribution < -0.4 is 5.73 Å². The van der Waals surface area contributed by atoms with Crippen LogP contribution >= 0.6 is 0 Å². The molecule has 0 aliphatic carbocycles. The summed E-state index contributed by atoms with van der Waals surface area (Å²) in [5.41, 5.74) is 8.20. The van der Waals surface area contributed by atoms with E-state index in [2.05, 4.69) is 0 Å². The van der Waals surface area contributed by atoms with Gasteiger partial charge < -0.3 is 10.8 Å². The van der Waals surface area contributed by atoms with Gasteiger partial charge in [-0.2, -0.15) is 0 Å². The molecule has 0 aliphatic rings. The van der Waals surface area contributed by atoms with Gasteiger partial charge in [0.05, 0.1) is 0 Å². The van der Waals surface area contributed by atoms with E-state index in [0.717, 1.165) is 18.4 Å². The van der Waals surface area contributed by atoms with E-state index in [1.165, 1.54) is 5.56 Å². The molecule has 3 N–H and O–H groups in total. The maximum absolute atomic E-state index is 12.0. The number of carbonyl (C=O) groups excluding carboxylic acids is 1. The van der Waals surface area contributed by atoms with Crippen molar-refractivity contribution in [1.29, 1.82) is 0 Å². The molecular formula is C19H23NO2. The summed E-state index contributed by atoms with van der Waals surface area (Å²) < 4.78 is 0. The third-order valence-corrected chi connectivity index (χ3v) is 3.78. The molecule has 2 rings (SSSR count). The number of hydrogen-bond acceptors (Lipinski definition) is 3. The van der Waals surface area contributed by atoms with Gasteiger partial charge in [-0.25, -0.2) is 0 Å². The molecule has 0 fully saturated rings. The molecule has 0 radical (unpaired) electrons. The first-order chi connectivity index (χ1) is 10.7. The van der Waals surface area contributed by atoms with Crippen LogP contribution in [-0.2, 0) is 17.6 Å². The lowest BCUT2D eigenvalue weighted by Gasteiger charge is -2.17. The van der Waals surface area contributed by atoms with Crippen molar-refractivity contribution in [3.63, 3.8) is 0 Å². The van der Waals surface area contributed by atoms with E-state index in [1.54, 1.807) is 0 Å². The Labute approximate surface area is 131 Å². The van der Waals surface area contributed by atoms with Gasteiger partial charge in [-0.3, -0.25) is 4.79 Å². The van der Waals surface area contributed by atoms with E-state index in [4.69, 9.17) is 5.73 Å². The zero-order valence-corrected chi connectivity index (χ0v) is 12.7. The highest BCUT2D eigenvalue weighted by atomic mass is 16.3. The molecule has 22 heavy (non-hydrogen) atoms. The highest BCUT2D eigenvalue weighted by molar-refractivity contribution is 5.83. The molecule has 3 nitrogen and oxygen atoms in total. The normalized spacial score (nSPS) is 13.5. The number of aryl methyl sites for hydroxylation is 1. The van der Waals surface area contributed by atoms with Crippen LogP contribution in [0.5, 0.6) is 0 Å². The number of nitrogens with two attached hydrogens (primary N) is 1. The van der Waals surface area contributed by atoms with Crippen molar-refractivity contribution in [2.24, 2.45) is 5.73 Å². The van der Waals surface area contributed by atoms with E-state index >= 15 is 0 Å². The second-order valence-corrected chi connectivity index (χ2v) is 5.60. The number of carbonyl (C=O) groups is 1. The summed E-state index contributed by atoms with van der Waals surface area (Å²) in [6.45, 7) is 0. The average Bonchev–Trinajstić information content (AvgIpc) is 2.56. The van der Waals surface area contributed by atoms with Gasteiger partial charge in [0.25, 0.3) is 0 Å². The lowest BCUT2D eigenvalue weighted by Crippen LogP contribution is -2.42. The molecule has 2 aromatic carbocycles. The highest BCUT2D eigenvalue weighted by Gasteiger charge is 2.22. The molecule has 0 saturated heterocycles. The second-order valence-electron chi connectivity index (χ2n) is 5.60. The van der Waals surface area contributed by atoms with Crippen LogP contribution in [0.1, 0.15) is 24.0 Å². The number of rotatable bonds is 8. The Morgan fingerprint density at radius 3 is 2.09 bits per heavy atom. The first-order valence-corrected chi connectivity index (χ1v) is 7.71. The van der Waals surface area contributed by atoms with E-state index < -0.39 is 12.1 Å². The van der Waals surface area contributed by atoms with Crippen molar-refractivity contribution in [2.45, 2.75) is 37.8 Å². The molecule has 116 valence electrons. The van der Waals surface area contributed by atoms with Gasteiger partial charge in [0.2, 0.25) is 0 Å². The number of Topliss-reactive ketones (excluding diaryl/α,β-unsaturated/α-hetero) is 1. The molecule has 0 spiro atoms. The Morgan fingerprint density at radius 1 is 0.955 bits per heavy atom. The largest absolute Gasteiger partial charge is 0.384 e. The number of aliphatic hydroxyl groups excluding tert-OH is 1. The second kappa shape index (κ2) is 8.47. The Kier molecular flexibility index (Phi) is 6.31. The molecule has 0 aromatic heterocycles. The third-order valence-electron chi connectivity index (χ3n) is 3.78. The maximum Gasteiger partial charge on any atom is 0.162 e. The van der Waals surface area contributed by atoms with Crippen LogP contribution in [0.25, 0.3) is 0 Å². The summed E-state index contributed by atoms with van der Waals surface area (Å²) in [5.74, 6) is -0.167. The van der Waals surface area contributed by atoms with Crippen LogP contribution in [-0.4, -0.2) is 23.0 Å². The fraction of sp³-hybridized carbons (Fsp3) is 0.316. The van der Waals surface area contributed by atoms with Crippen molar-refractivity contribution in [3.8, 4) is 0 Å². The summed E-state index contributed by atoms with van der Waals surface area (Å²) in [6, 6.07) is 19.2. The minimum atomic E-state index is -1.09. The lowest BCUT2D eigenvalue weighted by molar-refractivity contribution is -0.128. The average molecular weight is 297 g/mol. The third kappa shape index (κ3) is 5.10. The van der Waals surface area contributed by atoms with Gasteiger partial charge in [0.15, 0.2) is 5.78 Å². The Balaban J connectivity index is 1.76. The van der Waals surface area contributed by atoms with Crippen molar-refractivity contribution in [1.82, 2.24) is 0 Å². The Hall–Kier alpha value is -1.97. The van der Waals surface area contributed by atoms with E-state index in [9.17, 15) is 9.90 Å². The molecule has 2 aromatic rings. The zero-order chi connectivity index (χ0) is 15.8. The first-order valence-electron chi connectivity index (χ1n) is 7.71. The van der Waals surface area contributed by atoms with E-state index in [1.807, 2.05) is 60.7 Å². The molecule has 0 amide bonds. The zero-order valence-electron chi connectivity index (χ0n) is 12.7. The van der Waals surface area contributed by atoms with Gasteiger partial charge in [-0.1, -0.05) is 60.7 Å². The number of benzene rings is 2. The summed E-state index contributed by atoms with van der Waals surface area (Å²) in [4.78, 5) is 12.0. The van der Waals surface area contributed by atoms with Gasteiger partial charge in [-0.05, 0) is 30.4 Å². The summed E-state index contributed by atoms with van der Waals surface area (Å²) in [5, 5.41) is 10.1. The molecular weight excluding hydrogens is 274 g/mol. The smallest absolute Gasteiger partial charge is 0.162 e. The Bertz CT molecular complexity index is 569. The SMILES string of the molecule is N[C@H](Cc1ccccc1)[C@H](O)C(=O)CCCc1ccccc1. The molecule has 0 unspecified atom stereocenters. The molecule has 2 atom stereocenters. The summed E-state index contributed by atoms with van der Waals surface area (Å²) in [7, 11) is 0. The fourth-order valence-electron chi connectivity index (χ4n) is 2.50. The van der Waals surface area contributed by atoms with Gasteiger partial charge in [-0.15, -0.1) is 0 Å². The number of aliphatic hydroxyl groups is 1. The van der Waals surface area contributed by atoms with E-state index in [0.29, 0.717) is 12.8 Å². The van der Waals surface area contributed by atoms with Crippen molar-refractivity contribution >= 4 is 5.78 Å². The summed E-state index contributed by atoms with van der Waals surface area (Å²) >= 11 is 0. The van der Waals surface area contributed by atoms with Gasteiger partial charge >= 0.3 is 0 Å². The molecule has 0 aliphatic heterocycles. The number of ketones is 1. The maximum atomic E-state index is 12.0. The van der Waals surface area contributed by atoms with Crippen molar-refractivity contribution < 1.29 is 9.90 Å². The van der Waals surface area contributed by atoms with Crippen molar-refractivity contribution in [2.75, 3.05) is 0 Å². The van der Waals surface area contributed by atoms with E-state index in [-0.39, 0.29) is 5.78 Å². The number of hydrogen-bond donors (Lipinski definition) is 2. The summed E-state index contributed by atoms with van der Waals surface area (Å²) in [6.07, 6.45) is 1.35. The topological polar surface area (TPSA) is 63.3 Å². The first kappa shape index (κ1) is 16.4. The van der Waals surface area contributed by atoms with Crippen LogP contribution in [0.4, 0.5) is 0 Å². The highest BCUT2D eigenvalue weighted by Crippen LogP contribution is 2.09.